The van der Waals surface area contributed by atoms with Crippen LogP contribution < -0.4 is 4.74 Å². The molecular weight excluding hydrogens is 376 g/mol. The number of ether oxygens (including phenoxy) is 2. The third-order valence-electron chi connectivity index (χ3n) is 3.85. The number of nitro benzene ring substituents is 1. The molecule has 1 unspecified atom stereocenters. The highest BCUT2D eigenvalue weighted by atomic mass is 19.2. The van der Waals surface area contributed by atoms with E-state index in [1.807, 2.05) is 0 Å². The van der Waals surface area contributed by atoms with E-state index in [2.05, 4.69) is 4.99 Å². The monoisotopic (exact) mass is 389 g/mol. The number of amides is 1. The molecule has 0 saturated carbocycles. The van der Waals surface area contributed by atoms with Crippen molar-refractivity contribution in [2.24, 2.45) is 4.99 Å². The van der Waals surface area contributed by atoms with Gasteiger partial charge in [-0.25, -0.2) is 23.5 Å². The lowest BCUT2D eigenvalue weighted by Gasteiger charge is -2.30. The predicted molar refractivity (Wildman–Crippen MR) is 93.6 cm³/mol. The highest BCUT2D eigenvalue weighted by Crippen LogP contribution is 2.29. The highest BCUT2D eigenvalue weighted by molar-refractivity contribution is 5.93. The maximum absolute atomic E-state index is 13.6. The number of nitro groups is 1. The lowest BCUT2D eigenvalue weighted by atomic mass is 10.0. The first-order chi connectivity index (χ1) is 13.4. The van der Waals surface area contributed by atoms with Crippen LogP contribution >= 0.6 is 0 Å². The van der Waals surface area contributed by atoms with Crippen LogP contribution in [0.25, 0.3) is 0 Å². The smallest absolute Gasteiger partial charge is 0.424 e. The van der Waals surface area contributed by atoms with Gasteiger partial charge >= 0.3 is 12.1 Å². The SMILES string of the molecule is COC1=NC=CC(c2ccc(F)c(F)c2)N1C(=O)Oc1ccc([N+](=O)[O-])cc1. The molecule has 3 rings (SSSR count). The number of carbonyl (C=O) groups is 1. The van der Waals surface area contributed by atoms with E-state index in [1.54, 1.807) is 0 Å². The molecule has 1 heterocycles. The molecule has 0 aromatic heterocycles. The minimum atomic E-state index is -1.07. The predicted octanol–water partition coefficient (Wildman–Crippen LogP) is 3.94. The van der Waals surface area contributed by atoms with Crippen LogP contribution in [0, 0.1) is 21.7 Å². The molecule has 8 nitrogen and oxygen atoms in total. The van der Waals surface area contributed by atoms with E-state index < -0.39 is 28.7 Å². The molecule has 0 aliphatic carbocycles. The lowest BCUT2D eigenvalue weighted by Crippen LogP contribution is -2.43. The normalized spacial score (nSPS) is 15.8. The molecule has 0 saturated heterocycles. The summed E-state index contributed by atoms with van der Waals surface area (Å²) in [7, 11) is 1.28. The van der Waals surface area contributed by atoms with Gasteiger partial charge in [0.1, 0.15) is 5.75 Å². The van der Waals surface area contributed by atoms with Crippen molar-refractivity contribution in [2.45, 2.75) is 6.04 Å². The second-order valence-corrected chi connectivity index (χ2v) is 5.56. The molecule has 10 heteroatoms. The zero-order valence-corrected chi connectivity index (χ0v) is 14.4. The highest BCUT2D eigenvalue weighted by Gasteiger charge is 2.33. The molecule has 1 aliphatic rings. The molecular formula is C18H13F2N3O5. The average Bonchev–Trinajstić information content (AvgIpc) is 2.69. The van der Waals surface area contributed by atoms with E-state index in [4.69, 9.17) is 9.47 Å². The lowest BCUT2D eigenvalue weighted by molar-refractivity contribution is -0.384. The maximum Gasteiger partial charge on any atom is 0.424 e. The third-order valence-corrected chi connectivity index (χ3v) is 3.85. The number of non-ortho nitro benzene ring substituents is 1. The van der Waals surface area contributed by atoms with Crippen molar-refractivity contribution in [1.82, 2.24) is 4.90 Å². The van der Waals surface area contributed by atoms with Crippen molar-refractivity contribution >= 4 is 17.8 Å². The van der Waals surface area contributed by atoms with Gasteiger partial charge in [0.15, 0.2) is 11.6 Å². The molecule has 0 N–H and O–H groups in total. The van der Waals surface area contributed by atoms with Gasteiger partial charge < -0.3 is 9.47 Å². The zero-order chi connectivity index (χ0) is 20.3. The number of carbonyl (C=O) groups excluding carboxylic acids is 1. The van der Waals surface area contributed by atoms with E-state index in [9.17, 15) is 23.7 Å². The Balaban J connectivity index is 1.88. The fourth-order valence-corrected chi connectivity index (χ4v) is 2.54. The van der Waals surface area contributed by atoms with Crippen LogP contribution in [-0.2, 0) is 4.74 Å². The number of aliphatic imine (C=N–C) groups is 1. The number of methoxy groups -OCH3 is 1. The van der Waals surface area contributed by atoms with E-state index in [0.717, 1.165) is 17.0 Å². The van der Waals surface area contributed by atoms with Crippen molar-refractivity contribution in [3.63, 3.8) is 0 Å². The molecule has 2 aromatic carbocycles. The summed E-state index contributed by atoms with van der Waals surface area (Å²) in [4.78, 5) is 27.8. The molecule has 0 fully saturated rings. The van der Waals surface area contributed by atoms with Gasteiger partial charge in [-0.05, 0) is 35.9 Å². The number of hydrogen-bond donors (Lipinski definition) is 0. The van der Waals surface area contributed by atoms with Crippen LogP contribution in [-0.4, -0.2) is 29.0 Å². The summed E-state index contributed by atoms with van der Waals surface area (Å²) < 4.78 is 37.2. The van der Waals surface area contributed by atoms with Gasteiger partial charge in [0.25, 0.3) is 5.69 Å². The zero-order valence-electron chi connectivity index (χ0n) is 14.4. The fraction of sp³-hybridized carbons (Fsp3) is 0.111. The summed E-state index contributed by atoms with van der Waals surface area (Å²) in [6.07, 6.45) is 1.92. The number of amidine groups is 1. The summed E-state index contributed by atoms with van der Waals surface area (Å²) in [6, 6.07) is 7.09. The third kappa shape index (κ3) is 3.80. The number of rotatable bonds is 3. The van der Waals surface area contributed by atoms with Gasteiger partial charge in [0, 0.05) is 18.3 Å². The second-order valence-electron chi connectivity index (χ2n) is 5.56. The number of hydrogen-bond acceptors (Lipinski definition) is 6. The van der Waals surface area contributed by atoms with E-state index in [1.165, 1.54) is 49.7 Å². The van der Waals surface area contributed by atoms with Crippen LogP contribution in [0.15, 0.2) is 59.7 Å². The fourth-order valence-electron chi connectivity index (χ4n) is 2.54. The van der Waals surface area contributed by atoms with E-state index >= 15 is 0 Å². The van der Waals surface area contributed by atoms with Gasteiger partial charge in [-0.1, -0.05) is 6.07 Å². The molecule has 1 amide bonds. The molecule has 1 atom stereocenters. The van der Waals surface area contributed by atoms with Crippen LogP contribution in [0.5, 0.6) is 5.75 Å². The first-order valence-electron chi connectivity index (χ1n) is 7.89. The Hall–Kier alpha value is -3.82. The molecule has 0 radical (unpaired) electrons. The minimum absolute atomic E-state index is 0.0460. The molecule has 144 valence electrons. The van der Waals surface area contributed by atoms with Crippen molar-refractivity contribution in [2.75, 3.05) is 7.11 Å². The van der Waals surface area contributed by atoms with Gasteiger partial charge in [-0.15, -0.1) is 0 Å². The summed E-state index contributed by atoms with van der Waals surface area (Å²) in [5.74, 6) is -2.05. The molecule has 1 aliphatic heterocycles. The Morgan fingerprint density at radius 1 is 1.18 bits per heavy atom. The Kier molecular flexibility index (Phi) is 5.30. The van der Waals surface area contributed by atoms with Crippen molar-refractivity contribution in [3.8, 4) is 5.75 Å². The van der Waals surface area contributed by atoms with Gasteiger partial charge in [0.2, 0.25) is 0 Å². The molecule has 0 spiro atoms. The second kappa shape index (κ2) is 7.82. The Morgan fingerprint density at radius 3 is 2.50 bits per heavy atom. The first-order valence-corrected chi connectivity index (χ1v) is 7.89. The van der Waals surface area contributed by atoms with Crippen LogP contribution in [0.2, 0.25) is 0 Å². The molecule has 28 heavy (non-hydrogen) atoms. The standard InChI is InChI=1S/C18H13F2N3O5/c1-27-17-21-9-8-16(11-2-7-14(19)15(20)10-11)22(17)18(24)28-13-5-3-12(4-6-13)23(25)26/h2-10,16H,1H3. The summed E-state index contributed by atoms with van der Waals surface area (Å²) in [5.41, 5.74) is 0.0970. The van der Waals surface area contributed by atoms with Gasteiger partial charge in [0.05, 0.1) is 18.1 Å². The van der Waals surface area contributed by atoms with Gasteiger partial charge in [-0.2, -0.15) is 0 Å². The van der Waals surface area contributed by atoms with Crippen molar-refractivity contribution in [3.05, 3.63) is 82.1 Å². The van der Waals surface area contributed by atoms with Crippen molar-refractivity contribution in [1.29, 1.82) is 0 Å². The summed E-state index contributed by atoms with van der Waals surface area (Å²) >= 11 is 0. The van der Waals surface area contributed by atoms with Crippen LogP contribution in [0.4, 0.5) is 19.3 Å². The number of benzene rings is 2. The van der Waals surface area contributed by atoms with Crippen LogP contribution in [0.1, 0.15) is 11.6 Å². The van der Waals surface area contributed by atoms with Gasteiger partial charge in [-0.3, -0.25) is 10.1 Å². The van der Waals surface area contributed by atoms with Crippen LogP contribution in [0.3, 0.4) is 0 Å². The Labute approximate surface area is 157 Å². The first kappa shape index (κ1) is 19.0. The Bertz CT molecular complexity index is 976. The average molecular weight is 389 g/mol. The summed E-state index contributed by atoms with van der Waals surface area (Å²) in [5, 5.41) is 10.7. The maximum atomic E-state index is 13.6. The minimum Gasteiger partial charge on any atom is -0.468 e. The number of halogens is 2. The molecule has 2 aromatic rings. The largest absolute Gasteiger partial charge is 0.468 e. The topological polar surface area (TPSA) is 94.3 Å². The quantitative estimate of drug-likeness (QED) is 0.585. The summed E-state index contributed by atoms with van der Waals surface area (Å²) in [6.45, 7) is 0. The molecule has 0 bridgehead atoms. The van der Waals surface area contributed by atoms with E-state index in [0.29, 0.717) is 0 Å². The Morgan fingerprint density at radius 2 is 1.89 bits per heavy atom. The van der Waals surface area contributed by atoms with E-state index in [-0.39, 0.29) is 23.0 Å². The number of nitrogens with zero attached hydrogens (tertiary/aromatic N) is 3. The van der Waals surface area contributed by atoms with Crippen molar-refractivity contribution < 1.29 is 28.0 Å².